The first-order valence-electron chi connectivity index (χ1n) is 6.47. The van der Waals surface area contributed by atoms with Crippen molar-refractivity contribution in [2.45, 2.75) is 13.1 Å². The van der Waals surface area contributed by atoms with E-state index in [1.807, 2.05) is 0 Å². The van der Waals surface area contributed by atoms with Crippen LogP contribution in [-0.4, -0.2) is 25.6 Å². The van der Waals surface area contributed by atoms with Crippen LogP contribution in [0.1, 0.15) is 21.6 Å². The van der Waals surface area contributed by atoms with Gasteiger partial charge >= 0.3 is 12.1 Å². The molecule has 0 amide bonds. The van der Waals surface area contributed by atoms with Gasteiger partial charge in [0, 0.05) is 17.8 Å². The van der Waals surface area contributed by atoms with Crippen LogP contribution >= 0.6 is 11.3 Å². The highest BCUT2D eigenvalue weighted by Gasteiger charge is 2.34. The largest absolute Gasteiger partial charge is 0.477 e. The Bertz CT molecular complexity index is 1020. The molecule has 3 rings (SSSR count). The number of carboxylic acids is 1. The predicted molar refractivity (Wildman–Crippen MR) is 79.7 cm³/mol. The fourth-order valence-electron chi connectivity index (χ4n) is 2.19. The normalized spacial score (nSPS) is 11.8. The van der Waals surface area contributed by atoms with Gasteiger partial charge in [-0.1, -0.05) is 0 Å². The Morgan fingerprint density at radius 2 is 2.08 bits per heavy atom. The van der Waals surface area contributed by atoms with Gasteiger partial charge in [0.05, 0.1) is 5.39 Å². The van der Waals surface area contributed by atoms with Crippen molar-refractivity contribution < 1.29 is 23.1 Å². The van der Waals surface area contributed by atoms with E-state index in [1.54, 1.807) is 6.92 Å². The summed E-state index contributed by atoms with van der Waals surface area (Å²) in [6.07, 6.45) is -2.30. The molecule has 24 heavy (non-hydrogen) atoms. The van der Waals surface area contributed by atoms with Crippen LogP contribution in [0, 0.1) is 6.92 Å². The summed E-state index contributed by atoms with van der Waals surface area (Å²) in [7, 11) is 0. The van der Waals surface area contributed by atoms with Gasteiger partial charge in [-0.3, -0.25) is 9.36 Å². The first-order valence-corrected chi connectivity index (χ1v) is 7.35. The summed E-state index contributed by atoms with van der Waals surface area (Å²) >= 11 is 0.673. The molecule has 124 valence electrons. The number of carboxylic acid groups (broad SMARTS) is 1. The summed E-state index contributed by atoms with van der Waals surface area (Å²) < 4.78 is 39.3. The molecule has 10 heteroatoms. The smallest absolute Gasteiger partial charge is 0.434 e. The SMILES string of the molecule is Cc1ccnc2c1c(=O)c(C(=O)O)cn2-c1nc(C(F)(F)F)cs1. The lowest BCUT2D eigenvalue weighted by Gasteiger charge is -2.10. The molecule has 0 saturated heterocycles. The highest BCUT2D eigenvalue weighted by molar-refractivity contribution is 7.12. The predicted octanol–water partition coefficient (Wildman–Crippen LogP) is 2.87. The molecule has 0 unspecified atom stereocenters. The van der Waals surface area contributed by atoms with Gasteiger partial charge in [-0.15, -0.1) is 11.3 Å². The van der Waals surface area contributed by atoms with Gasteiger partial charge in [0.2, 0.25) is 5.43 Å². The number of aromatic nitrogens is 3. The van der Waals surface area contributed by atoms with Crippen LogP contribution in [0.4, 0.5) is 13.2 Å². The average molecular weight is 355 g/mol. The molecule has 0 fully saturated rings. The van der Waals surface area contributed by atoms with Gasteiger partial charge in [-0.2, -0.15) is 13.2 Å². The van der Waals surface area contributed by atoms with Gasteiger partial charge in [0.1, 0.15) is 11.2 Å². The Balaban J connectivity index is 2.38. The molecule has 0 saturated carbocycles. The van der Waals surface area contributed by atoms with Crippen molar-refractivity contribution in [2.75, 3.05) is 0 Å². The molecule has 3 aromatic heterocycles. The van der Waals surface area contributed by atoms with Crippen LogP contribution in [-0.2, 0) is 6.18 Å². The molecule has 0 aliphatic rings. The zero-order chi connectivity index (χ0) is 17.6. The van der Waals surface area contributed by atoms with Gasteiger partial charge in [0.25, 0.3) is 0 Å². The molecule has 3 aromatic rings. The maximum Gasteiger partial charge on any atom is 0.434 e. The number of aryl methyl sites for hydroxylation is 1. The number of carbonyl (C=O) groups is 1. The van der Waals surface area contributed by atoms with E-state index < -0.39 is 28.8 Å². The van der Waals surface area contributed by atoms with Gasteiger partial charge in [0.15, 0.2) is 10.8 Å². The Morgan fingerprint density at radius 3 is 2.67 bits per heavy atom. The van der Waals surface area contributed by atoms with E-state index in [9.17, 15) is 27.9 Å². The molecule has 0 aromatic carbocycles. The van der Waals surface area contributed by atoms with Crippen molar-refractivity contribution in [1.82, 2.24) is 14.5 Å². The van der Waals surface area contributed by atoms with Crippen LogP contribution in [0.15, 0.2) is 28.6 Å². The molecule has 0 bridgehead atoms. The molecule has 0 radical (unpaired) electrons. The van der Waals surface area contributed by atoms with E-state index in [0.29, 0.717) is 16.9 Å². The third-order valence-electron chi connectivity index (χ3n) is 3.32. The van der Waals surface area contributed by atoms with E-state index in [1.165, 1.54) is 12.3 Å². The molecule has 1 N–H and O–H groups in total. The van der Waals surface area contributed by atoms with Crippen LogP contribution in [0.3, 0.4) is 0 Å². The Kier molecular flexibility index (Phi) is 3.63. The van der Waals surface area contributed by atoms with Crippen LogP contribution in [0.5, 0.6) is 0 Å². The second kappa shape index (κ2) is 5.41. The summed E-state index contributed by atoms with van der Waals surface area (Å²) in [6.45, 7) is 1.59. The second-order valence-electron chi connectivity index (χ2n) is 4.89. The Labute approximate surface area is 135 Å². The van der Waals surface area contributed by atoms with Crippen LogP contribution < -0.4 is 5.43 Å². The molecular formula is C14H8F3N3O3S. The molecule has 6 nitrogen and oxygen atoms in total. The fraction of sp³-hybridized carbons (Fsp3) is 0.143. The number of fused-ring (bicyclic) bond motifs is 1. The summed E-state index contributed by atoms with van der Waals surface area (Å²) in [5, 5.41) is 9.90. The average Bonchev–Trinajstić information content (AvgIpc) is 2.97. The number of pyridine rings is 2. The van der Waals surface area contributed by atoms with E-state index in [2.05, 4.69) is 9.97 Å². The number of halogens is 3. The number of aromatic carboxylic acids is 1. The van der Waals surface area contributed by atoms with Crippen LogP contribution in [0.25, 0.3) is 16.2 Å². The number of nitrogens with zero attached hydrogens (tertiary/aromatic N) is 3. The molecule has 0 aliphatic carbocycles. The van der Waals surface area contributed by atoms with Crippen molar-refractivity contribution in [2.24, 2.45) is 0 Å². The topological polar surface area (TPSA) is 85.1 Å². The van der Waals surface area contributed by atoms with Crippen molar-refractivity contribution in [1.29, 1.82) is 0 Å². The minimum Gasteiger partial charge on any atom is -0.477 e. The van der Waals surface area contributed by atoms with Crippen molar-refractivity contribution in [3.63, 3.8) is 0 Å². The monoisotopic (exact) mass is 355 g/mol. The minimum atomic E-state index is -4.62. The highest BCUT2D eigenvalue weighted by atomic mass is 32.1. The summed E-state index contributed by atoms with van der Waals surface area (Å²) in [6, 6.07) is 1.52. The lowest BCUT2D eigenvalue weighted by molar-refractivity contribution is -0.140. The number of rotatable bonds is 2. The quantitative estimate of drug-likeness (QED) is 0.764. The molecular weight excluding hydrogens is 347 g/mol. The number of alkyl halides is 3. The zero-order valence-electron chi connectivity index (χ0n) is 12.0. The lowest BCUT2D eigenvalue weighted by atomic mass is 10.1. The van der Waals surface area contributed by atoms with Crippen LogP contribution in [0.2, 0.25) is 0 Å². The molecule has 0 spiro atoms. The second-order valence-corrected chi connectivity index (χ2v) is 5.72. The number of thiazole rings is 1. The van der Waals surface area contributed by atoms with E-state index in [4.69, 9.17) is 0 Å². The van der Waals surface area contributed by atoms with Gasteiger partial charge in [-0.05, 0) is 18.6 Å². The van der Waals surface area contributed by atoms with E-state index >= 15 is 0 Å². The number of hydrogen-bond acceptors (Lipinski definition) is 5. The van der Waals surface area contributed by atoms with Gasteiger partial charge < -0.3 is 5.11 Å². The Hall–Kier alpha value is -2.75. The maximum absolute atomic E-state index is 12.7. The van der Waals surface area contributed by atoms with E-state index in [-0.39, 0.29) is 16.2 Å². The third kappa shape index (κ3) is 2.54. The first-order chi connectivity index (χ1) is 11.2. The minimum absolute atomic E-state index is 0.0289. The van der Waals surface area contributed by atoms with Gasteiger partial charge in [-0.25, -0.2) is 14.8 Å². The summed E-state index contributed by atoms with van der Waals surface area (Å²) in [5.41, 5.74) is -1.89. The van der Waals surface area contributed by atoms with E-state index in [0.717, 1.165) is 16.1 Å². The third-order valence-corrected chi connectivity index (χ3v) is 4.16. The van der Waals surface area contributed by atoms with Crippen molar-refractivity contribution >= 4 is 28.3 Å². The summed E-state index contributed by atoms with van der Waals surface area (Å²) in [5.74, 6) is -1.48. The van der Waals surface area contributed by atoms with Crippen molar-refractivity contribution in [3.8, 4) is 5.13 Å². The first kappa shape index (κ1) is 16.1. The fourth-order valence-corrected chi connectivity index (χ4v) is 3.00. The Morgan fingerprint density at radius 1 is 1.38 bits per heavy atom. The molecule has 0 aliphatic heterocycles. The summed E-state index contributed by atoms with van der Waals surface area (Å²) in [4.78, 5) is 31.1. The zero-order valence-corrected chi connectivity index (χ0v) is 12.8. The standard InChI is InChI=1S/C14H8F3N3O3S/c1-6-2-3-18-11-9(6)10(21)7(12(22)23)4-20(11)13-19-8(5-24-13)14(15,16)17/h2-5H,1H3,(H,22,23). The maximum atomic E-state index is 12.7. The number of hydrogen-bond donors (Lipinski definition) is 1. The molecule has 3 heterocycles. The lowest BCUT2D eigenvalue weighted by Crippen LogP contribution is -2.19. The highest BCUT2D eigenvalue weighted by Crippen LogP contribution is 2.31. The molecule has 0 atom stereocenters. The van der Waals surface area contributed by atoms with Crippen molar-refractivity contribution in [3.05, 3.63) is 50.9 Å².